The molecule has 1 heterocycles. The van der Waals surface area contributed by atoms with Gasteiger partial charge in [0.15, 0.2) is 0 Å². The molecule has 0 saturated carbocycles. The van der Waals surface area contributed by atoms with Crippen molar-refractivity contribution in [2.45, 2.75) is 13.3 Å². The van der Waals surface area contributed by atoms with Crippen molar-refractivity contribution in [1.82, 2.24) is 0 Å². The average Bonchev–Trinajstić information content (AvgIpc) is 2.49. The molecule has 1 aliphatic heterocycles. The van der Waals surface area contributed by atoms with Gasteiger partial charge >= 0.3 is 0 Å². The van der Waals surface area contributed by atoms with E-state index in [-0.39, 0.29) is 0 Å². The summed E-state index contributed by atoms with van der Waals surface area (Å²) >= 11 is 0. The first-order chi connectivity index (χ1) is 5.77. The van der Waals surface area contributed by atoms with E-state index in [0.717, 1.165) is 24.4 Å². The van der Waals surface area contributed by atoms with E-state index in [1.807, 2.05) is 13.0 Å². The molecule has 0 amide bonds. The van der Waals surface area contributed by atoms with Gasteiger partial charge in [0.05, 0.1) is 6.61 Å². The van der Waals surface area contributed by atoms with Gasteiger partial charge in [-0.1, -0.05) is 18.2 Å². The minimum atomic E-state index is 0.828. The van der Waals surface area contributed by atoms with Gasteiger partial charge in [0, 0.05) is 6.42 Å². The molecule has 0 unspecified atom stereocenters. The van der Waals surface area contributed by atoms with Crippen molar-refractivity contribution in [3.05, 3.63) is 35.9 Å². The van der Waals surface area contributed by atoms with Gasteiger partial charge in [-0.25, -0.2) is 0 Å². The topological polar surface area (TPSA) is 9.23 Å². The second-order valence-corrected chi connectivity index (χ2v) is 3.20. The van der Waals surface area contributed by atoms with Crippen molar-refractivity contribution in [3.63, 3.8) is 0 Å². The van der Waals surface area contributed by atoms with Gasteiger partial charge in [-0.15, -0.1) is 0 Å². The minimum Gasteiger partial charge on any atom is -0.493 e. The van der Waals surface area contributed by atoms with E-state index in [1.54, 1.807) is 0 Å². The molecule has 1 aromatic rings. The van der Waals surface area contributed by atoms with Gasteiger partial charge in [0.25, 0.3) is 0 Å². The normalized spacial score (nSPS) is 13.8. The van der Waals surface area contributed by atoms with E-state index in [4.69, 9.17) is 4.74 Å². The van der Waals surface area contributed by atoms with Crippen LogP contribution in [0, 0.1) is 0 Å². The number of benzene rings is 1. The molecule has 0 atom stereocenters. The average molecular weight is 160 g/mol. The first kappa shape index (κ1) is 7.41. The molecule has 1 heteroatoms. The summed E-state index contributed by atoms with van der Waals surface area (Å²) in [5.41, 5.74) is 3.65. The van der Waals surface area contributed by atoms with Crippen molar-refractivity contribution < 1.29 is 4.74 Å². The summed E-state index contributed by atoms with van der Waals surface area (Å²) in [6.45, 7) is 6.76. The molecule has 2 rings (SSSR count). The maximum absolute atomic E-state index is 5.40. The van der Waals surface area contributed by atoms with Gasteiger partial charge in [0.1, 0.15) is 5.75 Å². The van der Waals surface area contributed by atoms with Gasteiger partial charge in [-0.05, 0) is 30.2 Å². The minimum absolute atomic E-state index is 0.828. The Bertz CT molecular complexity index is 326. The largest absolute Gasteiger partial charge is 0.493 e. The van der Waals surface area contributed by atoms with E-state index >= 15 is 0 Å². The third-order valence-electron chi connectivity index (χ3n) is 2.18. The molecular formula is C11H12O. The van der Waals surface area contributed by atoms with Crippen LogP contribution in [-0.4, -0.2) is 6.61 Å². The monoisotopic (exact) mass is 160 g/mol. The molecule has 1 aliphatic rings. The Labute approximate surface area is 72.7 Å². The molecule has 0 bridgehead atoms. The highest BCUT2D eigenvalue weighted by Gasteiger charge is 2.11. The fourth-order valence-electron chi connectivity index (χ4n) is 1.45. The van der Waals surface area contributed by atoms with Crippen molar-refractivity contribution in [2.24, 2.45) is 0 Å². The first-order valence-electron chi connectivity index (χ1n) is 4.19. The van der Waals surface area contributed by atoms with E-state index in [0.29, 0.717) is 0 Å². The summed E-state index contributed by atoms with van der Waals surface area (Å²) in [7, 11) is 0. The maximum atomic E-state index is 5.40. The lowest BCUT2D eigenvalue weighted by molar-refractivity contribution is 0.357. The third kappa shape index (κ3) is 1.11. The van der Waals surface area contributed by atoms with Crippen LogP contribution in [0.3, 0.4) is 0 Å². The highest BCUT2D eigenvalue weighted by molar-refractivity contribution is 5.63. The van der Waals surface area contributed by atoms with Gasteiger partial charge in [-0.3, -0.25) is 0 Å². The predicted octanol–water partition coefficient (Wildman–Crippen LogP) is 2.65. The van der Waals surface area contributed by atoms with Crippen molar-refractivity contribution in [2.75, 3.05) is 6.61 Å². The standard InChI is InChI=1S/C11H12O/c1-8(2)9-3-4-11-10(7-9)5-6-12-11/h3-4,7H,1,5-6H2,2H3. The third-order valence-corrected chi connectivity index (χ3v) is 2.18. The molecule has 62 valence electrons. The van der Waals surface area contributed by atoms with Crippen LogP contribution in [0.5, 0.6) is 5.75 Å². The Morgan fingerprint density at radius 1 is 1.50 bits per heavy atom. The Morgan fingerprint density at radius 3 is 3.08 bits per heavy atom. The highest BCUT2D eigenvalue weighted by atomic mass is 16.5. The number of rotatable bonds is 1. The van der Waals surface area contributed by atoms with Crippen LogP contribution < -0.4 is 4.74 Å². The molecule has 0 saturated heterocycles. The molecule has 12 heavy (non-hydrogen) atoms. The number of hydrogen-bond acceptors (Lipinski definition) is 1. The molecule has 0 aliphatic carbocycles. The number of ether oxygens (including phenoxy) is 1. The number of hydrogen-bond donors (Lipinski definition) is 0. The number of fused-ring (bicyclic) bond motifs is 1. The second-order valence-electron chi connectivity index (χ2n) is 3.20. The highest BCUT2D eigenvalue weighted by Crippen LogP contribution is 2.27. The van der Waals surface area contributed by atoms with Crippen molar-refractivity contribution >= 4 is 5.57 Å². The lowest BCUT2D eigenvalue weighted by Gasteiger charge is -2.02. The van der Waals surface area contributed by atoms with Gasteiger partial charge < -0.3 is 4.74 Å². The van der Waals surface area contributed by atoms with Crippen LogP contribution in [0.2, 0.25) is 0 Å². The summed E-state index contributed by atoms with van der Waals surface area (Å²) in [5.74, 6) is 1.04. The Morgan fingerprint density at radius 2 is 2.33 bits per heavy atom. The van der Waals surface area contributed by atoms with Crippen LogP contribution in [-0.2, 0) is 6.42 Å². The zero-order valence-electron chi connectivity index (χ0n) is 7.26. The van der Waals surface area contributed by atoms with E-state index in [2.05, 4.69) is 18.7 Å². The van der Waals surface area contributed by atoms with Crippen molar-refractivity contribution in [1.29, 1.82) is 0 Å². The number of allylic oxidation sites excluding steroid dienone is 1. The zero-order chi connectivity index (χ0) is 8.55. The van der Waals surface area contributed by atoms with Crippen LogP contribution in [0.25, 0.3) is 5.57 Å². The van der Waals surface area contributed by atoms with E-state index in [9.17, 15) is 0 Å². The lowest BCUT2D eigenvalue weighted by Crippen LogP contribution is -1.85. The molecule has 0 aromatic heterocycles. The molecular weight excluding hydrogens is 148 g/mol. The molecule has 0 radical (unpaired) electrons. The Hall–Kier alpha value is -1.24. The Balaban J connectivity index is 2.45. The smallest absolute Gasteiger partial charge is 0.122 e. The predicted molar refractivity (Wildman–Crippen MR) is 50.3 cm³/mol. The summed E-state index contributed by atoms with van der Waals surface area (Å²) in [5, 5.41) is 0. The fraction of sp³-hybridized carbons (Fsp3) is 0.273. The van der Waals surface area contributed by atoms with Crippen LogP contribution in [0.1, 0.15) is 18.1 Å². The molecule has 0 N–H and O–H groups in total. The van der Waals surface area contributed by atoms with E-state index < -0.39 is 0 Å². The van der Waals surface area contributed by atoms with Crippen LogP contribution >= 0.6 is 0 Å². The molecule has 1 aromatic carbocycles. The zero-order valence-corrected chi connectivity index (χ0v) is 7.26. The van der Waals surface area contributed by atoms with Crippen LogP contribution in [0.4, 0.5) is 0 Å². The molecule has 0 fully saturated rings. The summed E-state index contributed by atoms with van der Waals surface area (Å²) in [6, 6.07) is 6.27. The second kappa shape index (κ2) is 2.67. The van der Waals surface area contributed by atoms with Gasteiger partial charge in [0.2, 0.25) is 0 Å². The SMILES string of the molecule is C=C(C)c1ccc2c(c1)CCO2. The fourth-order valence-corrected chi connectivity index (χ4v) is 1.45. The Kier molecular flexibility index (Phi) is 1.65. The van der Waals surface area contributed by atoms with Crippen molar-refractivity contribution in [3.8, 4) is 5.75 Å². The lowest BCUT2D eigenvalue weighted by atomic mass is 10.0. The quantitative estimate of drug-likeness (QED) is 0.613. The summed E-state index contributed by atoms with van der Waals surface area (Å²) in [6.07, 6.45) is 1.04. The van der Waals surface area contributed by atoms with E-state index in [1.165, 1.54) is 11.1 Å². The van der Waals surface area contributed by atoms with Crippen LogP contribution in [0.15, 0.2) is 24.8 Å². The van der Waals surface area contributed by atoms with Gasteiger partial charge in [-0.2, -0.15) is 0 Å². The first-order valence-corrected chi connectivity index (χ1v) is 4.19. The maximum Gasteiger partial charge on any atom is 0.122 e. The molecule has 0 spiro atoms. The summed E-state index contributed by atoms with van der Waals surface area (Å²) in [4.78, 5) is 0. The summed E-state index contributed by atoms with van der Waals surface area (Å²) < 4.78 is 5.40. The molecule has 1 nitrogen and oxygen atoms in total.